The maximum absolute atomic E-state index is 8.78. The van der Waals surface area contributed by atoms with Crippen LogP contribution in [0.15, 0.2) is 22.8 Å². The number of ether oxygens (including phenoxy) is 2. The molecule has 3 fully saturated rings. The minimum Gasteiger partial charge on any atom is -0.474 e. The summed E-state index contributed by atoms with van der Waals surface area (Å²) in [6.07, 6.45) is 11.6. The molecule has 1 spiro atoms. The van der Waals surface area contributed by atoms with E-state index in [4.69, 9.17) is 14.6 Å². The van der Waals surface area contributed by atoms with E-state index in [1.54, 1.807) is 6.20 Å². The molecule has 1 aromatic heterocycles. The molecule has 1 heterocycles. The van der Waals surface area contributed by atoms with Crippen molar-refractivity contribution in [3.63, 3.8) is 0 Å². The SMILES string of the molecule is OCCCCOC1CC2(CC(NC3CC(Oc4ccc(Br)cn4)C3)C2)C1. The standard InChI is InChI=1S/C20H29BrN2O3/c21-14-3-4-19(22-13-14)26-17-7-15(8-17)23-16-9-20(10-16)11-18(12-20)25-6-2-1-5-24/h3-4,13,15-18,23-24H,1-2,5-12H2. The lowest BCUT2D eigenvalue weighted by Crippen LogP contribution is -2.61. The van der Waals surface area contributed by atoms with E-state index in [0.29, 0.717) is 29.7 Å². The summed E-state index contributed by atoms with van der Waals surface area (Å²) in [4.78, 5) is 4.28. The topological polar surface area (TPSA) is 63.6 Å². The highest BCUT2D eigenvalue weighted by Gasteiger charge is 2.53. The summed E-state index contributed by atoms with van der Waals surface area (Å²) in [7, 11) is 0. The van der Waals surface area contributed by atoms with Crippen LogP contribution >= 0.6 is 15.9 Å². The van der Waals surface area contributed by atoms with Gasteiger partial charge in [0, 0.05) is 42.0 Å². The van der Waals surface area contributed by atoms with Crippen LogP contribution in [-0.2, 0) is 4.74 Å². The van der Waals surface area contributed by atoms with Gasteiger partial charge in [-0.2, -0.15) is 0 Å². The fraction of sp³-hybridized carbons (Fsp3) is 0.750. The minimum absolute atomic E-state index is 0.276. The van der Waals surface area contributed by atoms with Crippen LogP contribution in [0, 0.1) is 5.41 Å². The number of hydrogen-bond donors (Lipinski definition) is 2. The highest BCUT2D eigenvalue weighted by atomic mass is 79.9. The molecule has 0 amide bonds. The van der Waals surface area contributed by atoms with E-state index in [2.05, 4.69) is 26.2 Å². The van der Waals surface area contributed by atoms with Gasteiger partial charge in [0.15, 0.2) is 0 Å². The van der Waals surface area contributed by atoms with Crippen LogP contribution in [0.25, 0.3) is 0 Å². The fourth-order valence-electron chi connectivity index (χ4n) is 4.66. The predicted octanol–water partition coefficient (Wildman–Crippen LogP) is 3.44. The van der Waals surface area contributed by atoms with Crippen molar-refractivity contribution in [2.45, 2.75) is 75.7 Å². The lowest BCUT2D eigenvalue weighted by molar-refractivity contribution is -0.131. The van der Waals surface area contributed by atoms with E-state index in [1.807, 2.05) is 12.1 Å². The number of aliphatic hydroxyl groups is 1. The summed E-state index contributed by atoms with van der Waals surface area (Å²) in [5.74, 6) is 0.721. The van der Waals surface area contributed by atoms with Gasteiger partial charge in [-0.3, -0.25) is 0 Å². The molecular formula is C20H29BrN2O3. The summed E-state index contributed by atoms with van der Waals surface area (Å²) < 4.78 is 12.8. The molecule has 2 N–H and O–H groups in total. The number of halogens is 1. The van der Waals surface area contributed by atoms with E-state index >= 15 is 0 Å². The fourth-order valence-corrected chi connectivity index (χ4v) is 4.89. The van der Waals surface area contributed by atoms with Crippen LogP contribution in [-0.4, -0.2) is 47.6 Å². The molecule has 0 radical (unpaired) electrons. The lowest BCUT2D eigenvalue weighted by Gasteiger charge is -2.58. The second-order valence-corrected chi connectivity index (χ2v) is 9.24. The first-order valence-corrected chi connectivity index (χ1v) is 10.7. The molecule has 3 aliphatic rings. The van der Waals surface area contributed by atoms with Gasteiger partial charge >= 0.3 is 0 Å². The van der Waals surface area contributed by atoms with Gasteiger partial charge < -0.3 is 19.9 Å². The highest BCUT2D eigenvalue weighted by Crippen LogP contribution is 2.57. The Morgan fingerprint density at radius 2 is 1.92 bits per heavy atom. The summed E-state index contributed by atoms with van der Waals surface area (Å²) in [6, 6.07) is 5.16. The Hall–Kier alpha value is -0.690. The van der Waals surface area contributed by atoms with Crippen LogP contribution in [0.1, 0.15) is 51.4 Å². The molecule has 26 heavy (non-hydrogen) atoms. The third-order valence-corrected chi connectivity index (χ3v) is 6.61. The number of aliphatic hydroxyl groups excluding tert-OH is 1. The largest absolute Gasteiger partial charge is 0.474 e. The molecule has 144 valence electrons. The zero-order valence-corrected chi connectivity index (χ0v) is 16.8. The van der Waals surface area contributed by atoms with Gasteiger partial charge in [-0.25, -0.2) is 4.98 Å². The molecule has 0 bridgehead atoms. The monoisotopic (exact) mass is 424 g/mol. The quantitative estimate of drug-likeness (QED) is 0.594. The zero-order valence-electron chi connectivity index (χ0n) is 15.2. The van der Waals surface area contributed by atoms with Crippen LogP contribution in [0.3, 0.4) is 0 Å². The summed E-state index contributed by atoms with van der Waals surface area (Å²) in [5.41, 5.74) is 0.570. The average molecular weight is 425 g/mol. The molecule has 0 aromatic carbocycles. The predicted molar refractivity (Wildman–Crippen MR) is 103 cm³/mol. The van der Waals surface area contributed by atoms with Crippen molar-refractivity contribution >= 4 is 15.9 Å². The summed E-state index contributed by atoms with van der Waals surface area (Å²) in [6.45, 7) is 1.08. The van der Waals surface area contributed by atoms with Crippen LogP contribution in [0.5, 0.6) is 5.88 Å². The number of unbranched alkanes of at least 4 members (excludes halogenated alkanes) is 1. The van der Waals surface area contributed by atoms with Gasteiger partial charge in [0.25, 0.3) is 0 Å². The van der Waals surface area contributed by atoms with Gasteiger partial charge in [0.05, 0.1) is 6.10 Å². The Kier molecular flexibility index (Phi) is 5.84. The molecule has 0 aliphatic heterocycles. The van der Waals surface area contributed by atoms with Gasteiger partial charge in [-0.05, 0) is 78.8 Å². The Labute approximate surface area is 164 Å². The summed E-state index contributed by atoms with van der Waals surface area (Å²) >= 11 is 3.39. The Balaban J connectivity index is 1.06. The second-order valence-electron chi connectivity index (χ2n) is 8.33. The number of aromatic nitrogens is 1. The number of nitrogens with one attached hydrogen (secondary N) is 1. The van der Waals surface area contributed by atoms with Crippen molar-refractivity contribution in [2.75, 3.05) is 13.2 Å². The van der Waals surface area contributed by atoms with E-state index < -0.39 is 0 Å². The molecule has 4 rings (SSSR count). The van der Waals surface area contributed by atoms with E-state index in [1.165, 1.54) is 25.7 Å². The van der Waals surface area contributed by atoms with Crippen molar-refractivity contribution in [1.82, 2.24) is 10.3 Å². The highest BCUT2D eigenvalue weighted by molar-refractivity contribution is 9.10. The number of pyridine rings is 1. The third-order valence-electron chi connectivity index (χ3n) is 6.14. The van der Waals surface area contributed by atoms with Crippen molar-refractivity contribution in [2.24, 2.45) is 5.41 Å². The van der Waals surface area contributed by atoms with Crippen molar-refractivity contribution in [3.8, 4) is 5.88 Å². The van der Waals surface area contributed by atoms with Gasteiger partial charge in [-0.15, -0.1) is 0 Å². The van der Waals surface area contributed by atoms with Crippen molar-refractivity contribution in [1.29, 1.82) is 0 Å². The molecule has 5 nitrogen and oxygen atoms in total. The number of nitrogens with zero attached hydrogens (tertiary/aromatic N) is 1. The summed E-state index contributed by atoms with van der Waals surface area (Å²) in [5, 5.41) is 12.6. The molecule has 1 aromatic rings. The maximum atomic E-state index is 8.78. The van der Waals surface area contributed by atoms with Crippen molar-refractivity contribution in [3.05, 3.63) is 22.8 Å². The van der Waals surface area contributed by atoms with Crippen LogP contribution < -0.4 is 10.1 Å². The molecule has 3 aliphatic carbocycles. The van der Waals surface area contributed by atoms with Gasteiger partial charge in [0.2, 0.25) is 5.88 Å². The number of hydrogen-bond acceptors (Lipinski definition) is 5. The van der Waals surface area contributed by atoms with Gasteiger partial charge in [0.1, 0.15) is 6.10 Å². The van der Waals surface area contributed by atoms with Crippen LogP contribution in [0.2, 0.25) is 0 Å². The van der Waals surface area contributed by atoms with Gasteiger partial charge in [-0.1, -0.05) is 0 Å². The number of rotatable bonds is 9. The molecule has 0 unspecified atom stereocenters. The van der Waals surface area contributed by atoms with E-state index in [0.717, 1.165) is 42.6 Å². The smallest absolute Gasteiger partial charge is 0.213 e. The lowest BCUT2D eigenvalue weighted by atomic mass is 9.52. The Morgan fingerprint density at radius 1 is 1.12 bits per heavy atom. The first kappa shape index (κ1) is 18.7. The normalized spacial score (nSPS) is 35.5. The Morgan fingerprint density at radius 3 is 2.62 bits per heavy atom. The van der Waals surface area contributed by atoms with Crippen LogP contribution in [0.4, 0.5) is 0 Å². The minimum atomic E-state index is 0.276. The maximum Gasteiger partial charge on any atom is 0.213 e. The molecule has 0 saturated heterocycles. The van der Waals surface area contributed by atoms with E-state index in [-0.39, 0.29) is 6.61 Å². The van der Waals surface area contributed by atoms with Crippen molar-refractivity contribution < 1.29 is 14.6 Å². The third kappa shape index (κ3) is 4.41. The van der Waals surface area contributed by atoms with E-state index in [9.17, 15) is 0 Å². The Bertz CT molecular complexity index is 577. The zero-order chi connectivity index (χ0) is 18.0. The molecule has 0 atom stereocenters. The molecular weight excluding hydrogens is 396 g/mol. The first-order valence-electron chi connectivity index (χ1n) is 9.91. The molecule has 3 saturated carbocycles. The average Bonchev–Trinajstić information content (AvgIpc) is 2.53. The first-order chi connectivity index (χ1) is 12.6. The second kappa shape index (κ2) is 8.13. The molecule has 6 heteroatoms.